The molecule has 2 aromatic carbocycles. The summed E-state index contributed by atoms with van der Waals surface area (Å²) < 4.78 is 0. The van der Waals surface area contributed by atoms with Crippen molar-refractivity contribution in [3.05, 3.63) is 59.1 Å². The number of carbonyl (C=O) groups excluding carboxylic acids is 2. The highest BCUT2D eigenvalue weighted by Gasteiger charge is 2.34. The summed E-state index contributed by atoms with van der Waals surface area (Å²) in [6, 6.07) is 14.4. The number of rotatable bonds is 5. The SMILES string of the molecule is O=C(Nc1cc(Cl)ccc1O)C1CC(=O)N(CCc2ccccc2)C1. The number of phenols is 1. The summed E-state index contributed by atoms with van der Waals surface area (Å²) in [5.41, 5.74) is 1.42. The molecule has 0 spiro atoms. The zero-order chi connectivity index (χ0) is 17.8. The van der Waals surface area contributed by atoms with Crippen molar-refractivity contribution < 1.29 is 14.7 Å². The number of hydrogen-bond donors (Lipinski definition) is 2. The minimum Gasteiger partial charge on any atom is -0.506 e. The zero-order valence-electron chi connectivity index (χ0n) is 13.6. The molecule has 6 heteroatoms. The number of amides is 2. The van der Waals surface area contributed by atoms with Crippen molar-refractivity contribution in [1.29, 1.82) is 0 Å². The van der Waals surface area contributed by atoms with E-state index in [-0.39, 0.29) is 29.7 Å². The van der Waals surface area contributed by atoms with E-state index >= 15 is 0 Å². The maximum absolute atomic E-state index is 12.4. The summed E-state index contributed by atoms with van der Waals surface area (Å²) in [6.45, 7) is 0.980. The van der Waals surface area contributed by atoms with Crippen LogP contribution in [-0.4, -0.2) is 34.9 Å². The van der Waals surface area contributed by atoms with Crippen molar-refractivity contribution in [2.45, 2.75) is 12.8 Å². The molecule has 2 aromatic rings. The smallest absolute Gasteiger partial charge is 0.229 e. The summed E-state index contributed by atoms with van der Waals surface area (Å²) in [4.78, 5) is 26.3. The predicted octanol–water partition coefficient (Wildman–Crippen LogP) is 3.08. The van der Waals surface area contributed by atoms with Gasteiger partial charge < -0.3 is 15.3 Å². The number of benzene rings is 2. The van der Waals surface area contributed by atoms with Gasteiger partial charge in [0.05, 0.1) is 11.6 Å². The lowest BCUT2D eigenvalue weighted by Crippen LogP contribution is -2.30. The monoisotopic (exact) mass is 358 g/mol. The number of hydrogen-bond acceptors (Lipinski definition) is 3. The number of aromatic hydroxyl groups is 1. The van der Waals surface area contributed by atoms with Crippen molar-refractivity contribution in [3.63, 3.8) is 0 Å². The fraction of sp³-hybridized carbons (Fsp3) is 0.263. The maximum atomic E-state index is 12.4. The van der Waals surface area contributed by atoms with Gasteiger partial charge in [-0.25, -0.2) is 0 Å². The number of carbonyl (C=O) groups is 2. The average Bonchev–Trinajstić information content (AvgIpc) is 2.98. The first-order chi connectivity index (χ1) is 12.0. The molecule has 0 aliphatic carbocycles. The van der Waals surface area contributed by atoms with E-state index in [1.54, 1.807) is 4.90 Å². The first kappa shape index (κ1) is 17.3. The Kier molecular flexibility index (Phi) is 5.24. The molecule has 2 N–H and O–H groups in total. The van der Waals surface area contributed by atoms with Gasteiger partial charge >= 0.3 is 0 Å². The van der Waals surface area contributed by atoms with E-state index in [4.69, 9.17) is 11.6 Å². The Morgan fingerprint density at radius 3 is 2.76 bits per heavy atom. The van der Waals surface area contributed by atoms with E-state index in [2.05, 4.69) is 5.32 Å². The lowest BCUT2D eigenvalue weighted by Gasteiger charge is -2.16. The summed E-state index contributed by atoms with van der Waals surface area (Å²) in [6.07, 6.45) is 0.942. The van der Waals surface area contributed by atoms with Crippen LogP contribution in [0, 0.1) is 5.92 Å². The van der Waals surface area contributed by atoms with E-state index in [1.165, 1.54) is 18.2 Å². The second-order valence-electron chi connectivity index (χ2n) is 6.13. The van der Waals surface area contributed by atoms with Gasteiger partial charge in [-0.2, -0.15) is 0 Å². The number of nitrogens with zero attached hydrogens (tertiary/aromatic N) is 1. The summed E-state index contributed by atoms with van der Waals surface area (Å²) in [5.74, 6) is -0.788. The van der Waals surface area contributed by atoms with Crippen LogP contribution in [0.15, 0.2) is 48.5 Å². The maximum Gasteiger partial charge on any atom is 0.229 e. The van der Waals surface area contributed by atoms with E-state index in [0.717, 1.165) is 12.0 Å². The van der Waals surface area contributed by atoms with Crippen molar-refractivity contribution >= 4 is 29.1 Å². The normalized spacial score (nSPS) is 16.9. The van der Waals surface area contributed by atoms with Crippen LogP contribution in [-0.2, 0) is 16.0 Å². The topological polar surface area (TPSA) is 69.6 Å². The van der Waals surface area contributed by atoms with E-state index in [0.29, 0.717) is 18.1 Å². The number of halogens is 1. The van der Waals surface area contributed by atoms with Crippen LogP contribution in [0.25, 0.3) is 0 Å². The first-order valence-electron chi connectivity index (χ1n) is 8.14. The molecule has 0 saturated carbocycles. The highest BCUT2D eigenvalue weighted by atomic mass is 35.5. The zero-order valence-corrected chi connectivity index (χ0v) is 14.4. The van der Waals surface area contributed by atoms with Gasteiger partial charge in [0.2, 0.25) is 11.8 Å². The predicted molar refractivity (Wildman–Crippen MR) is 96.6 cm³/mol. The Morgan fingerprint density at radius 1 is 1.24 bits per heavy atom. The van der Waals surface area contributed by atoms with Crippen LogP contribution >= 0.6 is 11.6 Å². The molecule has 1 fully saturated rings. The van der Waals surface area contributed by atoms with Gasteiger partial charge in [0.25, 0.3) is 0 Å². The van der Waals surface area contributed by atoms with Crippen LogP contribution in [0.2, 0.25) is 5.02 Å². The fourth-order valence-electron chi connectivity index (χ4n) is 2.92. The molecule has 25 heavy (non-hydrogen) atoms. The highest BCUT2D eigenvalue weighted by molar-refractivity contribution is 6.31. The molecule has 1 atom stereocenters. The number of nitrogens with one attached hydrogen (secondary N) is 1. The van der Waals surface area contributed by atoms with Gasteiger partial charge in [0.1, 0.15) is 5.75 Å². The molecule has 5 nitrogen and oxygen atoms in total. The van der Waals surface area contributed by atoms with Crippen molar-refractivity contribution in [3.8, 4) is 5.75 Å². The van der Waals surface area contributed by atoms with Crippen LogP contribution in [0.4, 0.5) is 5.69 Å². The van der Waals surface area contributed by atoms with Gasteiger partial charge in [-0.1, -0.05) is 41.9 Å². The van der Waals surface area contributed by atoms with Crippen LogP contribution in [0.3, 0.4) is 0 Å². The van der Waals surface area contributed by atoms with Gasteiger partial charge in [-0.05, 0) is 30.2 Å². The van der Waals surface area contributed by atoms with Gasteiger partial charge in [0.15, 0.2) is 0 Å². The molecular formula is C19H19ClN2O3. The Morgan fingerprint density at radius 2 is 2.00 bits per heavy atom. The molecule has 0 bridgehead atoms. The van der Waals surface area contributed by atoms with Crippen LogP contribution in [0.5, 0.6) is 5.75 Å². The molecule has 0 aromatic heterocycles. The number of phenolic OH excluding ortho intramolecular Hbond substituents is 1. The van der Waals surface area contributed by atoms with Crippen molar-refractivity contribution in [2.75, 3.05) is 18.4 Å². The Hall–Kier alpha value is -2.53. The Bertz CT molecular complexity index is 779. The molecule has 0 radical (unpaired) electrons. The second-order valence-corrected chi connectivity index (χ2v) is 6.56. The molecule has 1 aliphatic heterocycles. The molecule has 1 heterocycles. The standard InChI is InChI=1S/C19H19ClN2O3/c20-15-6-7-17(23)16(11-15)21-19(25)14-10-18(24)22(12-14)9-8-13-4-2-1-3-5-13/h1-7,11,14,23H,8-10,12H2,(H,21,25). The minimum atomic E-state index is -0.429. The molecule has 2 amide bonds. The van der Waals surface area contributed by atoms with Crippen molar-refractivity contribution in [2.24, 2.45) is 5.92 Å². The Balaban J connectivity index is 1.58. The molecule has 130 valence electrons. The molecule has 1 unspecified atom stereocenters. The summed E-state index contributed by atoms with van der Waals surface area (Å²) in [7, 11) is 0. The average molecular weight is 359 g/mol. The third-order valence-corrected chi connectivity index (χ3v) is 4.55. The van der Waals surface area contributed by atoms with Gasteiger partial charge in [-0.15, -0.1) is 0 Å². The quantitative estimate of drug-likeness (QED) is 0.807. The number of anilines is 1. The van der Waals surface area contributed by atoms with Crippen molar-refractivity contribution in [1.82, 2.24) is 4.90 Å². The molecular weight excluding hydrogens is 340 g/mol. The molecule has 1 aliphatic rings. The number of likely N-dealkylation sites (tertiary alicyclic amines) is 1. The van der Waals surface area contributed by atoms with E-state index in [9.17, 15) is 14.7 Å². The second kappa shape index (κ2) is 7.57. The van der Waals surface area contributed by atoms with Crippen LogP contribution < -0.4 is 5.32 Å². The lowest BCUT2D eigenvalue weighted by molar-refractivity contribution is -0.128. The van der Waals surface area contributed by atoms with Gasteiger partial charge in [0, 0.05) is 24.5 Å². The first-order valence-corrected chi connectivity index (χ1v) is 8.52. The third kappa shape index (κ3) is 4.31. The van der Waals surface area contributed by atoms with E-state index in [1.807, 2.05) is 30.3 Å². The molecule has 1 saturated heterocycles. The highest BCUT2D eigenvalue weighted by Crippen LogP contribution is 2.28. The minimum absolute atomic E-state index is 0.0219. The lowest BCUT2D eigenvalue weighted by atomic mass is 10.1. The third-order valence-electron chi connectivity index (χ3n) is 4.31. The van der Waals surface area contributed by atoms with Crippen LogP contribution in [0.1, 0.15) is 12.0 Å². The van der Waals surface area contributed by atoms with Gasteiger partial charge in [-0.3, -0.25) is 9.59 Å². The van der Waals surface area contributed by atoms with E-state index < -0.39 is 5.92 Å². The molecule has 3 rings (SSSR count). The fourth-order valence-corrected chi connectivity index (χ4v) is 3.09. The summed E-state index contributed by atoms with van der Waals surface area (Å²) >= 11 is 5.88. The largest absolute Gasteiger partial charge is 0.506 e. The summed E-state index contributed by atoms with van der Waals surface area (Å²) in [5, 5.41) is 12.9. The Labute approximate surface area is 151 Å².